The number of nitrogens with two attached hydrogens (primary N) is 1. The molecule has 0 aliphatic carbocycles. The number of benzene rings is 1. The van der Waals surface area contributed by atoms with Gasteiger partial charge in [-0.2, -0.15) is 5.10 Å². The monoisotopic (exact) mass is 346 g/mol. The molecule has 6 heteroatoms. The predicted octanol–water partition coefficient (Wildman–Crippen LogP) is 3.63. The molecule has 0 radical (unpaired) electrons. The molecule has 2 aromatic heterocycles. The minimum Gasteiger partial charge on any atom is -0.383 e. The van der Waals surface area contributed by atoms with E-state index in [-0.39, 0.29) is 5.82 Å². The summed E-state index contributed by atoms with van der Waals surface area (Å²) >= 11 is 3.38. The van der Waals surface area contributed by atoms with Crippen molar-refractivity contribution in [3.63, 3.8) is 0 Å². The van der Waals surface area contributed by atoms with Crippen LogP contribution in [0.25, 0.3) is 22.4 Å². The number of hydrogen-bond acceptors (Lipinski definition) is 3. The molecule has 0 unspecified atom stereocenters. The highest BCUT2D eigenvalue weighted by atomic mass is 79.9. The highest BCUT2D eigenvalue weighted by Crippen LogP contribution is 2.39. The van der Waals surface area contributed by atoms with Crippen LogP contribution in [0.1, 0.15) is 0 Å². The molecule has 0 saturated heterocycles. The molecule has 0 aliphatic rings. The molecular weight excluding hydrogens is 335 g/mol. The second-order valence-corrected chi connectivity index (χ2v) is 5.43. The molecule has 106 valence electrons. The van der Waals surface area contributed by atoms with E-state index in [9.17, 15) is 4.39 Å². The van der Waals surface area contributed by atoms with Crippen LogP contribution >= 0.6 is 15.9 Å². The van der Waals surface area contributed by atoms with Crippen molar-refractivity contribution < 1.29 is 4.39 Å². The van der Waals surface area contributed by atoms with Crippen LogP contribution in [0.4, 0.5) is 10.2 Å². The Morgan fingerprint density at radius 3 is 2.67 bits per heavy atom. The van der Waals surface area contributed by atoms with Crippen molar-refractivity contribution >= 4 is 21.7 Å². The number of nitrogen functional groups attached to an aromatic ring is 1. The zero-order valence-corrected chi connectivity index (χ0v) is 12.8. The Morgan fingerprint density at radius 2 is 2.00 bits per heavy atom. The van der Waals surface area contributed by atoms with Crippen LogP contribution in [0.5, 0.6) is 0 Å². The molecule has 2 N–H and O–H groups in total. The van der Waals surface area contributed by atoms with E-state index in [2.05, 4.69) is 26.0 Å². The van der Waals surface area contributed by atoms with Gasteiger partial charge in [0.2, 0.25) is 0 Å². The number of aryl methyl sites for hydroxylation is 1. The van der Waals surface area contributed by atoms with Crippen LogP contribution in [0, 0.1) is 5.82 Å². The van der Waals surface area contributed by atoms with E-state index in [0.29, 0.717) is 27.1 Å². The average molecular weight is 347 g/mol. The largest absolute Gasteiger partial charge is 0.383 e. The van der Waals surface area contributed by atoms with Crippen molar-refractivity contribution in [2.24, 2.45) is 7.05 Å². The number of anilines is 1. The van der Waals surface area contributed by atoms with Gasteiger partial charge in [-0.25, -0.2) is 4.39 Å². The fourth-order valence-corrected chi connectivity index (χ4v) is 2.76. The molecule has 0 atom stereocenters. The van der Waals surface area contributed by atoms with Crippen LogP contribution in [0.15, 0.2) is 47.2 Å². The van der Waals surface area contributed by atoms with Crippen molar-refractivity contribution in [1.29, 1.82) is 0 Å². The molecule has 0 fully saturated rings. The lowest BCUT2D eigenvalue weighted by Crippen LogP contribution is -1.98. The Labute approximate surface area is 129 Å². The lowest BCUT2D eigenvalue weighted by molar-refractivity contribution is 0.629. The van der Waals surface area contributed by atoms with E-state index >= 15 is 0 Å². The number of hydrogen-bond donors (Lipinski definition) is 1. The van der Waals surface area contributed by atoms with Crippen LogP contribution in [0.2, 0.25) is 0 Å². The molecule has 0 bridgehead atoms. The molecule has 1 aromatic carbocycles. The maximum atomic E-state index is 14.2. The van der Waals surface area contributed by atoms with Gasteiger partial charge in [0.25, 0.3) is 0 Å². The molecule has 21 heavy (non-hydrogen) atoms. The summed E-state index contributed by atoms with van der Waals surface area (Å²) in [7, 11) is 1.73. The maximum absolute atomic E-state index is 14.2. The molecule has 0 aliphatic heterocycles. The van der Waals surface area contributed by atoms with Crippen molar-refractivity contribution in [3.05, 3.63) is 53.0 Å². The first kappa shape index (κ1) is 13.8. The molecule has 0 amide bonds. The minimum atomic E-state index is -0.354. The highest BCUT2D eigenvalue weighted by molar-refractivity contribution is 9.10. The lowest BCUT2D eigenvalue weighted by Gasteiger charge is -2.06. The molecular formula is C15H12BrFN4. The average Bonchev–Trinajstić information content (AvgIpc) is 2.75. The second kappa shape index (κ2) is 5.29. The van der Waals surface area contributed by atoms with Gasteiger partial charge in [-0.3, -0.25) is 9.67 Å². The first-order valence-corrected chi connectivity index (χ1v) is 7.06. The molecule has 0 saturated carbocycles. The van der Waals surface area contributed by atoms with Crippen LogP contribution in [-0.4, -0.2) is 14.8 Å². The van der Waals surface area contributed by atoms with Gasteiger partial charge in [-0.15, -0.1) is 0 Å². The van der Waals surface area contributed by atoms with Gasteiger partial charge >= 0.3 is 0 Å². The SMILES string of the molecule is Cn1nc(-c2c(F)cccc2Br)c(-c2cccnc2)c1N. The summed E-state index contributed by atoms with van der Waals surface area (Å²) in [5, 5.41) is 4.37. The van der Waals surface area contributed by atoms with E-state index in [1.54, 1.807) is 31.6 Å². The Morgan fingerprint density at radius 1 is 1.19 bits per heavy atom. The Bertz CT molecular complexity index is 779. The normalized spacial score (nSPS) is 10.8. The van der Waals surface area contributed by atoms with Crippen molar-refractivity contribution in [2.75, 3.05) is 5.73 Å². The Hall–Kier alpha value is -2.21. The minimum absolute atomic E-state index is 0.354. The molecule has 0 spiro atoms. The Balaban J connectivity index is 2.33. The first-order valence-electron chi connectivity index (χ1n) is 6.27. The lowest BCUT2D eigenvalue weighted by atomic mass is 10.0. The zero-order chi connectivity index (χ0) is 15.0. The third kappa shape index (κ3) is 2.31. The van der Waals surface area contributed by atoms with Crippen molar-refractivity contribution in [1.82, 2.24) is 14.8 Å². The van der Waals surface area contributed by atoms with Gasteiger partial charge in [0.1, 0.15) is 17.3 Å². The maximum Gasteiger partial charge on any atom is 0.133 e. The molecule has 3 aromatic rings. The van der Waals surface area contributed by atoms with E-state index in [4.69, 9.17) is 5.73 Å². The van der Waals surface area contributed by atoms with Gasteiger partial charge in [-0.1, -0.05) is 12.1 Å². The third-order valence-electron chi connectivity index (χ3n) is 3.24. The number of halogens is 2. The summed E-state index contributed by atoms with van der Waals surface area (Å²) in [6, 6.07) is 8.49. The quantitative estimate of drug-likeness (QED) is 0.770. The van der Waals surface area contributed by atoms with Crippen LogP contribution in [-0.2, 0) is 7.05 Å². The van der Waals surface area contributed by atoms with E-state index in [1.807, 2.05) is 12.1 Å². The number of rotatable bonds is 2. The molecule has 4 nitrogen and oxygen atoms in total. The zero-order valence-electron chi connectivity index (χ0n) is 11.2. The van der Waals surface area contributed by atoms with Gasteiger partial charge in [-0.05, 0) is 34.1 Å². The van der Waals surface area contributed by atoms with Crippen LogP contribution in [0.3, 0.4) is 0 Å². The highest BCUT2D eigenvalue weighted by Gasteiger charge is 2.21. The van der Waals surface area contributed by atoms with Gasteiger partial charge in [0.15, 0.2) is 0 Å². The van der Waals surface area contributed by atoms with Crippen LogP contribution < -0.4 is 5.73 Å². The fraction of sp³-hybridized carbons (Fsp3) is 0.0667. The summed E-state index contributed by atoms with van der Waals surface area (Å²) in [5.41, 5.74) is 8.47. The molecule has 3 rings (SSSR count). The number of nitrogens with zero attached hydrogens (tertiary/aromatic N) is 3. The predicted molar refractivity (Wildman–Crippen MR) is 83.9 cm³/mol. The third-order valence-corrected chi connectivity index (χ3v) is 3.90. The van der Waals surface area contributed by atoms with E-state index in [1.165, 1.54) is 10.7 Å². The number of pyridine rings is 1. The second-order valence-electron chi connectivity index (χ2n) is 4.57. The summed E-state index contributed by atoms with van der Waals surface area (Å²) in [4.78, 5) is 4.09. The van der Waals surface area contributed by atoms with Gasteiger partial charge in [0, 0.05) is 29.5 Å². The van der Waals surface area contributed by atoms with Crippen molar-refractivity contribution in [2.45, 2.75) is 0 Å². The summed E-state index contributed by atoms with van der Waals surface area (Å²) in [6.45, 7) is 0. The number of aromatic nitrogens is 3. The van der Waals surface area contributed by atoms with Gasteiger partial charge < -0.3 is 5.73 Å². The van der Waals surface area contributed by atoms with E-state index in [0.717, 1.165) is 5.56 Å². The standard InChI is InChI=1S/C15H12BrFN4/c1-21-15(18)12(9-4-3-7-19-8-9)14(20-21)13-10(16)5-2-6-11(13)17/h2-8H,18H2,1H3. The van der Waals surface area contributed by atoms with Crippen molar-refractivity contribution in [3.8, 4) is 22.4 Å². The first-order chi connectivity index (χ1) is 10.1. The van der Waals surface area contributed by atoms with E-state index < -0.39 is 0 Å². The molecule has 2 heterocycles. The topological polar surface area (TPSA) is 56.7 Å². The Kier molecular flexibility index (Phi) is 3.47. The smallest absolute Gasteiger partial charge is 0.133 e. The van der Waals surface area contributed by atoms with Gasteiger partial charge in [0.05, 0.1) is 11.1 Å². The summed E-state index contributed by atoms with van der Waals surface area (Å²) in [6.07, 6.45) is 3.36. The summed E-state index contributed by atoms with van der Waals surface area (Å²) < 4.78 is 16.4. The summed E-state index contributed by atoms with van der Waals surface area (Å²) in [5.74, 6) is 0.112. The fourth-order valence-electron chi connectivity index (χ4n) is 2.23.